The van der Waals surface area contributed by atoms with Gasteiger partial charge in [0.05, 0.1) is 17.8 Å². The number of nitrogens with zero attached hydrogens (tertiary/aromatic N) is 4. The number of hydrogen-bond donors (Lipinski definition) is 2. The topological polar surface area (TPSA) is 91.2 Å². The van der Waals surface area contributed by atoms with Crippen LogP contribution in [-0.4, -0.2) is 45.3 Å². The average molecular weight is 367 g/mol. The third-order valence-electron chi connectivity index (χ3n) is 3.95. The van der Waals surface area contributed by atoms with Crippen molar-refractivity contribution < 1.29 is 23.1 Å². The van der Waals surface area contributed by atoms with Crippen LogP contribution in [-0.2, 0) is 11.0 Å². The van der Waals surface area contributed by atoms with Crippen molar-refractivity contribution in [2.24, 2.45) is 0 Å². The maximum absolute atomic E-state index is 12.7. The predicted octanol–water partition coefficient (Wildman–Crippen LogP) is 1.90. The lowest BCUT2D eigenvalue weighted by Gasteiger charge is -2.30. The highest BCUT2D eigenvalue weighted by molar-refractivity contribution is 5.82. The van der Waals surface area contributed by atoms with Gasteiger partial charge in [-0.25, -0.2) is 4.98 Å². The molecule has 1 amide bonds. The second kappa shape index (κ2) is 6.43. The van der Waals surface area contributed by atoms with E-state index in [2.05, 4.69) is 20.5 Å². The summed E-state index contributed by atoms with van der Waals surface area (Å²) >= 11 is 0. The van der Waals surface area contributed by atoms with Gasteiger partial charge in [0.15, 0.2) is 0 Å². The molecule has 2 aromatic rings. The van der Waals surface area contributed by atoms with Crippen molar-refractivity contribution in [3.05, 3.63) is 29.5 Å². The molecular weight excluding hydrogens is 351 g/mol. The minimum Gasteiger partial charge on any atom is -0.507 e. The van der Waals surface area contributed by atoms with Gasteiger partial charge in [-0.15, -0.1) is 10.2 Å². The van der Waals surface area contributed by atoms with E-state index in [1.807, 2.05) is 6.92 Å². The van der Waals surface area contributed by atoms with E-state index in [-0.39, 0.29) is 35.7 Å². The summed E-state index contributed by atoms with van der Waals surface area (Å²) in [7, 11) is 0. The van der Waals surface area contributed by atoms with Crippen LogP contribution in [0.5, 0.6) is 5.75 Å². The highest BCUT2D eigenvalue weighted by Gasteiger charge is 2.31. The van der Waals surface area contributed by atoms with Crippen LogP contribution in [0.25, 0.3) is 11.3 Å². The van der Waals surface area contributed by atoms with E-state index in [1.165, 1.54) is 0 Å². The number of aromatic hydroxyl groups is 1. The Morgan fingerprint density at radius 2 is 2.04 bits per heavy atom. The second-order valence-electron chi connectivity index (χ2n) is 6.12. The third-order valence-corrected chi connectivity index (χ3v) is 3.95. The zero-order chi connectivity index (χ0) is 19.1. The molecular formula is C16H16F3N5O2. The number of alkyl halides is 3. The first-order valence-corrected chi connectivity index (χ1v) is 7.81. The number of nitrogens with one attached hydrogen (secondary N) is 1. The van der Waals surface area contributed by atoms with Gasteiger partial charge in [0.25, 0.3) is 0 Å². The molecule has 0 radical (unpaired) electrons. The fourth-order valence-electron chi connectivity index (χ4n) is 2.77. The number of aryl methyl sites for hydroxylation is 1. The molecule has 2 heterocycles. The molecule has 0 bridgehead atoms. The Hall–Kier alpha value is -2.91. The van der Waals surface area contributed by atoms with E-state index in [9.17, 15) is 23.1 Å². The summed E-state index contributed by atoms with van der Waals surface area (Å²) in [6, 6.07) is 2.56. The van der Waals surface area contributed by atoms with Crippen molar-refractivity contribution >= 4 is 11.9 Å². The minimum absolute atomic E-state index is 0.0706. The number of piperazine rings is 1. The number of phenols is 1. The molecule has 0 aliphatic carbocycles. The monoisotopic (exact) mass is 367 g/mol. The lowest BCUT2D eigenvalue weighted by atomic mass is 10.1. The van der Waals surface area contributed by atoms with Crippen molar-refractivity contribution in [3.8, 4) is 17.0 Å². The SMILES string of the molecule is Cc1nc(N2CC(=O)N[C@@H](C)C2)nnc1-c1ccc(C(F)(F)F)cc1O. The van der Waals surface area contributed by atoms with Crippen molar-refractivity contribution in [2.45, 2.75) is 26.1 Å². The van der Waals surface area contributed by atoms with Crippen molar-refractivity contribution in [2.75, 3.05) is 18.0 Å². The van der Waals surface area contributed by atoms with E-state index in [0.717, 1.165) is 12.1 Å². The number of hydrogen-bond acceptors (Lipinski definition) is 6. The Morgan fingerprint density at radius 3 is 2.62 bits per heavy atom. The van der Waals surface area contributed by atoms with Crippen molar-refractivity contribution in [1.82, 2.24) is 20.5 Å². The molecule has 2 N–H and O–H groups in total. The largest absolute Gasteiger partial charge is 0.507 e. The summed E-state index contributed by atoms with van der Waals surface area (Å²) in [6.07, 6.45) is -4.55. The van der Waals surface area contributed by atoms with Crippen LogP contribution in [0.15, 0.2) is 18.2 Å². The molecule has 3 rings (SSSR count). The first kappa shape index (κ1) is 17.9. The molecule has 0 spiro atoms. The fraction of sp³-hybridized carbons (Fsp3) is 0.375. The van der Waals surface area contributed by atoms with E-state index >= 15 is 0 Å². The zero-order valence-corrected chi connectivity index (χ0v) is 14.0. The van der Waals surface area contributed by atoms with Crippen LogP contribution in [0.2, 0.25) is 0 Å². The number of anilines is 1. The van der Waals surface area contributed by atoms with Gasteiger partial charge in [0.1, 0.15) is 11.4 Å². The zero-order valence-electron chi connectivity index (χ0n) is 14.0. The fourth-order valence-corrected chi connectivity index (χ4v) is 2.77. The van der Waals surface area contributed by atoms with Crippen LogP contribution in [0, 0.1) is 6.92 Å². The number of halogens is 3. The Morgan fingerprint density at radius 1 is 1.31 bits per heavy atom. The van der Waals surface area contributed by atoms with Gasteiger partial charge in [-0.3, -0.25) is 4.79 Å². The van der Waals surface area contributed by atoms with Crippen LogP contribution >= 0.6 is 0 Å². The normalized spacial score (nSPS) is 18.0. The van der Waals surface area contributed by atoms with E-state index in [1.54, 1.807) is 11.8 Å². The highest BCUT2D eigenvalue weighted by Crippen LogP contribution is 2.36. The van der Waals surface area contributed by atoms with E-state index in [4.69, 9.17) is 0 Å². The maximum atomic E-state index is 12.7. The Bertz CT molecular complexity index is 856. The smallest absolute Gasteiger partial charge is 0.416 e. The van der Waals surface area contributed by atoms with E-state index < -0.39 is 17.5 Å². The predicted molar refractivity (Wildman–Crippen MR) is 86.5 cm³/mol. The summed E-state index contributed by atoms with van der Waals surface area (Å²) in [5.74, 6) is -0.466. The van der Waals surface area contributed by atoms with Crippen LogP contribution < -0.4 is 10.2 Å². The van der Waals surface area contributed by atoms with Crippen molar-refractivity contribution in [3.63, 3.8) is 0 Å². The van der Waals surface area contributed by atoms with E-state index in [0.29, 0.717) is 18.3 Å². The maximum Gasteiger partial charge on any atom is 0.416 e. The van der Waals surface area contributed by atoms with Gasteiger partial charge in [-0.1, -0.05) is 0 Å². The molecule has 0 saturated carbocycles. The quantitative estimate of drug-likeness (QED) is 0.842. The molecule has 138 valence electrons. The summed E-state index contributed by atoms with van der Waals surface area (Å²) < 4.78 is 38.1. The number of aromatic nitrogens is 3. The first-order chi connectivity index (χ1) is 12.1. The summed E-state index contributed by atoms with van der Waals surface area (Å²) in [5, 5.41) is 20.7. The lowest BCUT2D eigenvalue weighted by Crippen LogP contribution is -2.53. The molecule has 1 aliphatic rings. The summed E-state index contributed by atoms with van der Waals surface area (Å²) in [6.45, 7) is 4.06. The van der Waals surface area contributed by atoms with Gasteiger partial charge < -0.3 is 15.3 Å². The third kappa shape index (κ3) is 3.53. The highest BCUT2D eigenvalue weighted by atomic mass is 19.4. The number of phenolic OH excluding ortho intramolecular Hbond substituents is 1. The average Bonchev–Trinajstić information content (AvgIpc) is 2.53. The number of rotatable bonds is 2. The molecule has 1 aromatic heterocycles. The van der Waals surface area contributed by atoms with Gasteiger partial charge in [0, 0.05) is 18.2 Å². The van der Waals surface area contributed by atoms with Gasteiger partial charge in [-0.05, 0) is 32.0 Å². The van der Waals surface area contributed by atoms with Crippen LogP contribution in [0.4, 0.5) is 19.1 Å². The molecule has 26 heavy (non-hydrogen) atoms. The van der Waals surface area contributed by atoms with Gasteiger partial charge >= 0.3 is 6.18 Å². The Labute approximate surface area is 146 Å². The molecule has 1 aliphatic heterocycles. The molecule has 1 fully saturated rings. The number of carbonyl (C=O) groups is 1. The number of amides is 1. The van der Waals surface area contributed by atoms with Gasteiger partial charge in [0.2, 0.25) is 11.9 Å². The Balaban J connectivity index is 1.92. The molecule has 1 aromatic carbocycles. The molecule has 1 atom stereocenters. The summed E-state index contributed by atoms with van der Waals surface area (Å²) in [4.78, 5) is 17.6. The van der Waals surface area contributed by atoms with Crippen LogP contribution in [0.1, 0.15) is 18.2 Å². The minimum atomic E-state index is -4.55. The number of benzene rings is 1. The molecule has 0 unspecified atom stereocenters. The molecule has 10 heteroatoms. The molecule has 1 saturated heterocycles. The molecule has 7 nitrogen and oxygen atoms in total. The van der Waals surface area contributed by atoms with Crippen molar-refractivity contribution in [1.29, 1.82) is 0 Å². The van der Waals surface area contributed by atoms with Crippen LogP contribution in [0.3, 0.4) is 0 Å². The standard InChI is InChI=1S/C16H16F3N5O2/c1-8-6-24(7-13(26)20-8)15-21-9(2)14(22-23-15)11-4-3-10(5-12(11)25)16(17,18)19/h3-5,8,25H,6-7H2,1-2H3,(H,20,26)/t8-/m0/s1. The summed E-state index contributed by atoms with van der Waals surface area (Å²) in [5.41, 5.74) is -0.299. The Kier molecular flexibility index (Phi) is 4.43. The first-order valence-electron chi connectivity index (χ1n) is 7.81. The van der Waals surface area contributed by atoms with Gasteiger partial charge in [-0.2, -0.15) is 13.2 Å². The number of carbonyl (C=O) groups excluding carboxylic acids is 1. The lowest BCUT2D eigenvalue weighted by molar-refractivity contribution is -0.137. The second-order valence-corrected chi connectivity index (χ2v) is 6.12.